The molecule has 7 rings (SSSR count). The largest absolute Gasteiger partial charge is 0.490 e. The number of aromatic nitrogens is 4. The number of rotatable bonds is 7. The van der Waals surface area contributed by atoms with E-state index in [0.717, 1.165) is 59.5 Å². The molecule has 1 atom stereocenters. The predicted molar refractivity (Wildman–Crippen MR) is 182 cm³/mol. The summed E-state index contributed by atoms with van der Waals surface area (Å²) in [7, 11) is 2.08. The van der Waals surface area contributed by atoms with Crippen LogP contribution in [-0.2, 0) is 24.3 Å². The fourth-order valence-electron chi connectivity index (χ4n) is 6.56. The first kappa shape index (κ1) is 32.0. The Morgan fingerprint density at radius 1 is 1.17 bits per heavy atom. The van der Waals surface area contributed by atoms with Crippen LogP contribution < -0.4 is 4.74 Å². The first-order chi connectivity index (χ1) is 22.9. The summed E-state index contributed by atoms with van der Waals surface area (Å²) in [4.78, 5) is 26.6. The quantitative estimate of drug-likeness (QED) is 0.201. The van der Waals surface area contributed by atoms with Crippen molar-refractivity contribution in [3.05, 3.63) is 83.1 Å². The third-order valence-corrected chi connectivity index (χ3v) is 9.85. The third-order valence-electron chi connectivity index (χ3n) is 8.92. The number of halogens is 2. The van der Waals surface area contributed by atoms with Gasteiger partial charge in [-0.3, -0.25) is 14.5 Å². The molecule has 9 nitrogen and oxygen atoms in total. The number of carbonyl (C=O) groups excluding carboxylic acids is 1. The van der Waals surface area contributed by atoms with E-state index in [9.17, 15) is 14.3 Å². The van der Waals surface area contributed by atoms with Gasteiger partial charge < -0.3 is 19.6 Å². The van der Waals surface area contributed by atoms with Crippen LogP contribution in [0.25, 0.3) is 43.9 Å². The number of aliphatic hydroxyl groups is 1. The van der Waals surface area contributed by atoms with Gasteiger partial charge in [0.15, 0.2) is 0 Å². The van der Waals surface area contributed by atoms with Crippen LogP contribution in [0.15, 0.2) is 54.6 Å². The lowest BCUT2D eigenvalue weighted by Gasteiger charge is -2.33. The van der Waals surface area contributed by atoms with Crippen LogP contribution in [0.1, 0.15) is 43.8 Å². The number of likely N-dealkylation sites (N-methyl/N-ethyl adjacent to an activating group) is 1. The molecule has 1 amide bonds. The highest BCUT2D eigenvalue weighted by Crippen LogP contribution is 2.47. The van der Waals surface area contributed by atoms with Gasteiger partial charge in [-0.25, -0.2) is 13.8 Å². The van der Waals surface area contributed by atoms with Gasteiger partial charge in [0.25, 0.3) is 0 Å². The molecule has 0 bridgehead atoms. The lowest BCUT2D eigenvalue weighted by atomic mass is 9.95. The summed E-state index contributed by atoms with van der Waals surface area (Å²) in [5, 5.41) is 18.1. The summed E-state index contributed by atoms with van der Waals surface area (Å²) in [6.07, 6.45) is 4.00. The van der Waals surface area contributed by atoms with Gasteiger partial charge in [-0.05, 0) is 63.0 Å². The van der Waals surface area contributed by atoms with Crippen LogP contribution in [0.5, 0.6) is 5.75 Å². The molecule has 6 heterocycles. The van der Waals surface area contributed by atoms with Crippen LogP contribution in [0.4, 0.5) is 8.78 Å². The van der Waals surface area contributed by atoms with Crippen molar-refractivity contribution in [2.75, 3.05) is 26.7 Å². The smallest absolute Gasteiger partial charge is 0.246 e. The summed E-state index contributed by atoms with van der Waals surface area (Å²) < 4.78 is 39.4. The number of amides is 1. The number of thiophene rings is 1. The average Bonchev–Trinajstić information content (AvgIpc) is 3.71. The minimum Gasteiger partial charge on any atom is -0.490 e. The minimum atomic E-state index is -1.26. The molecule has 0 radical (unpaired) electrons. The van der Waals surface area contributed by atoms with E-state index in [1.54, 1.807) is 18.7 Å². The Kier molecular flexibility index (Phi) is 8.13. The van der Waals surface area contributed by atoms with Gasteiger partial charge in [0.2, 0.25) is 5.91 Å². The lowest BCUT2D eigenvalue weighted by molar-refractivity contribution is -0.129. The summed E-state index contributed by atoms with van der Waals surface area (Å²) in [6, 6.07) is 7.60. The second-order valence-electron chi connectivity index (χ2n) is 13.1. The Hall–Kier alpha value is -4.52. The van der Waals surface area contributed by atoms with Gasteiger partial charge in [-0.15, -0.1) is 11.3 Å². The van der Waals surface area contributed by atoms with Crippen molar-refractivity contribution < 1.29 is 23.4 Å². The van der Waals surface area contributed by atoms with Gasteiger partial charge >= 0.3 is 0 Å². The van der Waals surface area contributed by atoms with Crippen LogP contribution in [0.2, 0.25) is 0 Å². The fraction of sp³-hybridized carbons (Fsp3) is 0.333. The fourth-order valence-corrected chi connectivity index (χ4v) is 7.50. The van der Waals surface area contributed by atoms with Gasteiger partial charge in [-0.2, -0.15) is 5.10 Å². The summed E-state index contributed by atoms with van der Waals surface area (Å²) in [5.41, 5.74) is 4.48. The number of fused-ring (bicyclic) bond motifs is 3. The Balaban J connectivity index is 1.49. The molecular formula is C36H36F2N6O3S. The lowest BCUT2D eigenvalue weighted by Crippen LogP contribution is -2.40. The molecule has 248 valence electrons. The Labute approximate surface area is 281 Å². The van der Waals surface area contributed by atoms with Crippen molar-refractivity contribution >= 4 is 27.3 Å². The molecular weight excluding hydrogens is 634 g/mol. The topological polar surface area (TPSA) is 96.6 Å². The molecule has 4 aromatic heterocycles. The third kappa shape index (κ3) is 5.78. The number of nitrogens with zero attached hydrogens (tertiary/aromatic N) is 6. The van der Waals surface area contributed by atoms with Crippen molar-refractivity contribution in [2.45, 2.75) is 51.9 Å². The molecule has 1 aromatic carbocycles. The second-order valence-corrected chi connectivity index (χ2v) is 14.0. The van der Waals surface area contributed by atoms with Crippen molar-refractivity contribution in [2.24, 2.45) is 0 Å². The standard InChI is InChI=1S/C36H36F2N6O3S/c1-6-30(45)43-10-11-44-28(20(43)2)16-27(41-44)34-32(31-25(38)14-23(37)15-29(31)47-19-36(3,4)46)35-24(8-12-48-35)33(40-34)21-13-22-18-42(5)9-7-26(22)39-17-21/h6,8,12-17,20,46H,1,7,9-11,18-19H2,2-5H3. The first-order valence-electron chi connectivity index (χ1n) is 15.9. The summed E-state index contributed by atoms with van der Waals surface area (Å²) in [5.74, 6) is -1.87. The van der Waals surface area contributed by atoms with E-state index in [1.165, 1.54) is 17.4 Å². The van der Waals surface area contributed by atoms with E-state index >= 15 is 4.39 Å². The first-order valence-corrected chi connectivity index (χ1v) is 16.7. The van der Waals surface area contributed by atoms with Crippen molar-refractivity contribution in [1.82, 2.24) is 29.5 Å². The molecule has 0 saturated carbocycles. The Bertz CT molecular complexity index is 2080. The number of hydrogen-bond donors (Lipinski definition) is 1. The van der Waals surface area contributed by atoms with Gasteiger partial charge in [0, 0.05) is 71.3 Å². The molecule has 0 aliphatic carbocycles. The number of hydrogen-bond acceptors (Lipinski definition) is 8. The molecule has 5 aromatic rings. The number of ether oxygens (including phenoxy) is 1. The molecule has 1 unspecified atom stereocenters. The van der Waals surface area contributed by atoms with E-state index in [-0.39, 0.29) is 29.9 Å². The summed E-state index contributed by atoms with van der Waals surface area (Å²) in [6.45, 7) is 11.1. The maximum atomic E-state index is 16.2. The van der Waals surface area contributed by atoms with Crippen LogP contribution in [0.3, 0.4) is 0 Å². The number of benzene rings is 1. The molecule has 0 spiro atoms. The van der Waals surface area contributed by atoms with Gasteiger partial charge in [0.1, 0.15) is 35.4 Å². The maximum absolute atomic E-state index is 16.2. The highest BCUT2D eigenvalue weighted by molar-refractivity contribution is 7.18. The highest BCUT2D eigenvalue weighted by atomic mass is 32.1. The van der Waals surface area contributed by atoms with Crippen LogP contribution >= 0.6 is 11.3 Å². The van der Waals surface area contributed by atoms with Crippen LogP contribution in [-0.4, -0.2) is 72.9 Å². The summed E-state index contributed by atoms with van der Waals surface area (Å²) >= 11 is 1.41. The minimum absolute atomic E-state index is 0.0230. The molecule has 12 heteroatoms. The SMILES string of the molecule is C=CC(=O)N1CCn2nc(-c3nc(-c4cnc5c(c4)CN(C)CC5)c4ccsc4c3-c3c(F)cc(F)cc3OCC(C)(C)O)cc2C1C. The molecule has 0 fully saturated rings. The molecule has 1 N–H and O–H groups in total. The maximum Gasteiger partial charge on any atom is 0.246 e. The number of carbonyl (C=O) groups is 1. The van der Waals surface area contributed by atoms with Crippen molar-refractivity contribution in [3.63, 3.8) is 0 Å². The zero-order valence-electron chi connectivity index (χ0n) is 27.3. The molecule has 0 saturated heterocycles. The van der Waals surface area contributed by atoms with Crippen molar-refractivity contribution in [3.8, 4) is 39.5 Å². The van der Waals surface area contributed by atoms with E-state index in [2.05, 4.69) is 24.6 Å². The van der Waals surface area contributed by atoms with E-state index in [1.807, 2.05) is 35.3 Å². The normalized spacial score (nSPS) is 16.6. The van der Waals surface area contributed by atoms with Gasteiger partial charge in [-0.1, -0.05) is 6.58 Å². The van der Waals surface area contributed by atoms with Crippen molar-refractivity contribution in [1.29, 1.82) is 0 Å². The monoisotopic (exact) mass is 670 g/mol. The molecule has 48 heavy (non-hydrogen) atoms. The highest BCUT2D eigenvalue weighted by Gasteiger charge is 2.32. The van der Waals surface area contributed by atoms with Gasteiger partial charge in [0.05, 0.1) is 35.1 Å². The van der Waals surface area contributed by atoms with E-state index in [0.29, 0.717) is 40.4 Å². The average molecular weight is 671 g/mol. The second kappa shape index (κ2) is 12.2. The molecule has 2 aliphatic rings. The Morgan fingerprint density at radius 2 is 1.98 bits per heavy atom. The predicted octanol–water partition coefficient (Wildman–Crippen LogP) is 6.39. The van der Waals surface area contributed by atoms with Crippen LogP contribution in [0, 0.1) is 11.6 Å². The number of pyridine rings is 2. The van der Waals surface area contributed by atoms with E-state index < -0.39 is 17.2 Å². The zero-order valence-corrected chi connectivity index (χ0v) is 28.1. The Morgan fingerprint density at radius 3 is 2.75 bits per heavy atom. The zero-order chi connectivity index (χ0) is 33.9. The molecule has 2 aliphatic heterocycles. The van der Waals surface area contributed by atoms with E-state index in [4.69, 9.17) is 19.8 Å².